The molecule has 200 valence electrons. The number of para-hydroxylation sites is 1. The Morgan fingerprint density at radius 2 is 1.87 bits per heavy atom. The largest absolute Gasteiger partial charge is 0.494 e. The summed E-state index contributed by atoms with van der Waals surface area (Å²) in [6.45, 7) is 3.95. The maximum absolute atomic E-state index is 12.8. The number of aromatic nitrogens is 5. The van der Waals surface area contributed by atoms with E-state index < -0.39 is 15.1 Å². The lowest BCUT2D eigenvalue weighted by molar-refractivity contribution is 0.396. The summed E-state index contributed by atoms with van der Waals surface area (Å²) in [5, 5.41) is 14.2. The van der Waals surface area contributed by atoms with Gasteiger partial charge in [-0.05, 0) is 52.2 Å². The highest BCUT2D eigenvalue weighted by molar-refractivity contribution is 7.92. The number of hydrogen-bond donors (Lipinski definition) is 2. The number of methoxy groups -OCH3 is 1. The molecule has 0 bridgehead atoms. The molecular weight excluding hydrogens is 528 g/mol. The van der Waals surface area contributed by atoms with Gasteiger partial charge in [-0.3, -0.25) is 0 Å². The van der Waals surface area contributed by atoms with Gasteiger partial charge in [-0.2, -0.15) is 4.98 Å². The third-order valence-electron chi connectivity index (χ3n) is 5.53. The summed E-state index contributed by atoms with van der Waals surface area (Å²) >= 11 is 6.35. The fourth-order valence-corrected chi connectivity index (χ4v) is 4.92. The number of anilines is 4. The average molecular weight is 557 g/mol. The minimum absolute atomic E-state index is 0.165. The molecule has 38 heavy (non-hydrogen) atoms. The highest BCUT2D eigenvalue weighted by atomic mass is 35.5. The van der Waals surface area contributed by atoms with Crippen molar-refractivity contribution in [1.82, 2.24) is 29.9 Å². The van der Waals surface area contributed by atoms with Crippen molar-refractivity contribution in [1.29, 1.82) is 0 Å². The number of ether oxygens (including phenoxy) is 1. The Morgan fingerprint density at radius 1 is 1.11 bits per heavy atom. The third kappa shape index (κ3) is 6.04. The molecular formula is C25H29ClN8O3S. The van der Waals surface area contributed by atoms with Gasteiger partial charge in [0.05, 0.1) is 52.4 Å². The van der Waals surface area contributed by atoms with Crippen LogP contribution in [0.15, 0.2) is 59.8 Å². The zero-order valence-electron chi connectivity index (χ0n) is 21.7. The van der Waals surface area contributed by atoms with Crippen molar-refractivity contribution < 1.29 is 13.2 Å². The fraction of sp³-hybridized carbons (Fsp3) is 0.280. The van der Waals surface area contributed by atoms with Crippen molar-refractivity contribution in [2.24, 2.45) is 0 Å². The van der Waals surface area contributed by atoms with Crippen LogP contribution in [0.25, 0.3) is 5.69 Å². The summed E-state index contributed by atoms with van der Waals surface area (Å²) in [5.41, 5.74) is 2.60. The molecule has 4 rings (SSSR count). The van der Waals surface area contributed by atoms with Gasteiger partial charge in [0.2, 0.25) is 5.95 Å². The van der Waals surface area contributed by atoms with Crippen LogP contribution in [-0.2, 0) is 16.4 Å². The van der Waals surface area contributed by atoms with Gasteiger partial charge >= 0.3 is 0 Å². The van der Waals surface area contributed by atoms with E-state index in [0.29, 0.717) is 23.7 Å². The number of nitrogens with zero attached hydrogens (tertiary/aromatic N) is 6. The lowest BCUT2D eigenvalue weighted by Gasteiger charge is -2.16. The molecule has 0 saturated heterocycles. The van der Waals surface area contributed by atoms with Crippen LogP contribution in [-0.4, -0.2) is 64.7 Å². The predicted molar refractivity (Wildman–Crippen MR) is 148 cm³/mol. The molecule has 0 radical (unpaired) electrons. The molecule has 0 saturated carbocycles. The normalized spacial score (nSPS) is 11.7. The van der Waals surface area contributed by atoms with E-state index in [2.05, 4.69) is 30.9 Å². The SMILES string of the molecule is COc1cc(-n2cc(CN(C)C)nn2)ccc1Nc1ncc(Cl)c(Nc2ccccc2S(=O)(=O)C(C)C)n1. The summed E-state index contributed by atoms with van der Waals surface area (Å²) in [6.07, 6.45) is 3.29. The molecule has 0 spiro atoms. The topological polar surface area (TPSA) is 127 Å². The van der Waals surface area contributed by atoms with Gasteiger partial charge in [-0.15, -0.1) is 5.10 Å². The van der Waals surface area contributed by atoms with Crippen LogP contribution in [0.3, 0.4) is 0 Å². The molecule has 0 atom stereocenters. The second kappa shape index (κ2) is 11.3. The first kappa shape index (κ1) is 27.3. The molecule has 2 aromatic carbocycles. The zero-order valence-corrected chi connectivity index (χ0v) is 23.2. The van der Waals surface area contributed by atoms with E-state index in [4.69, 9.17) is 16.3 Å². The van der Waals surface area contributed by atoms with Crippen molar-refractivity contribution in [3.8, 4) is 11.4 Å². The average Bonchev–Trinajstić information content (AvgIpc) is 3.34. The van der Waals surface area contributed by atoms with Crippen molar-refractivity contribution in [3.63, 3.8) is 0 Å². The van der Waals surface area contributed by atoms with E-state index in [1.807, 2.05) is 43.4 Å². The van der Waals surface area contributed by atoms with Crippen LogP contribution in [0.2, 0.25) is 5.02 Å². The van der Waals surface area contributed by atoms with Gasteiger partial charge in [0.25, 0.3) is 0 Å². The maximum atomic E-state index is 12.8. The van der Waals surface area contributed by atoms with Crippen LogP contribution < -0.4 is 15.4 Å². The standard InChI is InChI=1S/C25H29ClN8O3S/c1-16(2)38(35,36)23-9-7-6-8-21(23)28-24-19(26)13-27-25(30-24)29-20-11-10-18(12-22(20)37-5)34-15-17(31-32-34)14-33(3)4/h6-13,15-16H,14H2,1-5H3,(H2,27,28,29,30). The number of halogens is 1. The first-order valence-electron chi connectivity index (χ1n) is 11.7. The second-order valence-electron chi connectivity index (χ2n) is 9.01. The van der Waals surface area contributed by atoms with Crippen molar-refractivity contribution >= 4 is 44.6 Å². The van der Waals surface area contributed by atoms with Crippen LogP contribution in [0.5, 0.6) is 5.75 Å². The Hall–Kier alpha value is -3.74. The second-order valence-corrected chi connectivity index (χ2v) is 11.9. The molecule has 0 aliphatic rings. The third-order valence-corrected chi connectivity index (χ3v) is 8.01. The first-order chi connectivity index (χ1) is 18.1. The van der Waals surface area contributed by atoms with Gasteiger partial charge < -0.3 is 20.3 Å². The van der Waals surface area contributed by atoms with Crippen LogP contribution in [0.1, 0.15) is 19.5 Å². The quantitative estimate of drug-likeness (QED) is 0.289. The number of rotatable bonds is 10. The van der Waals surface area contributed by atoms with E-state index in [9.17, 15) is 8.42 Å². The minimum atomic E-state index is -3.53. The van der Waals surface area contributed by atoms with E-state index in [1.165, 1.54) is 6.20 Å². The minimum Gasteiger partial charge on any atom is -0.494 e. The Labute approximate surface area is 226 Å². The summed E-state index contributed by atoms with van der Waals surface area (Å²) in [7, 11) is 1.96. The molecule has 2 N–H and O–H groups in total. The monoisotopic (exact) mass is 556 g/mol. The maximum Gasteiger partial charge on any atom is 0.229 e. The number of benzene rings is 2. The molecule has 2 aromatic heterocycles. The molecule has 0 aliphatic carbocycles. The fourth-order valence-electron chi connectivity index (χ4n) is 3.58. The molecule has 0 fully saturated rings. The highest BCUT2D eigenvalue weighted by Gasteiger charge is 2.23. The summed E-state index contributed by atoms with van der Waals surface area (Å²) < 4.78 is 32.9. The molecule has 0 aliphatic heterocycles. The highest BCUT2D eigenvalue weighted by Crippen LogP contribution is 2.32. The van der Waals surface area contributed by atoms with E-state index >= 15 is 0 Å². The predicted octanol–water partition coefficient (Wildman–Crippen LogP) is 4.45. The van der Waals surface area contributed by atoms with Crippen LogP contribution >= 0.6 is 11.6 Å². The van der Waals surface area contributed by atoms with Crippen molar-refractivity contribution in [3.05, 3.63) is 65.6 Å². The Kier molecular flexibility index (Phi) is 8.14. The van der Waals surface area contributed by atoms with Gasteiger partial charge in [0.1, 0.15) is 10.8 Å². The number of hydrogen-bond acceptors (Lipinski definition) is 10. The summed E-state index contributed by atoms with van der Waals surface area (Å²) in [4.78, 5) is 10.9. The Balaban J connectivity index is 1.60. The number of sulfone groups is 1. The smallest absolute Gasteiger partial charge is 0.229 e. The Morgan fingerprint density at radius 3 is 2.58 bits per heavy atom. The molecule has 11 nitrogen and oxygen atoms in total. The molecule has 0 amide bonds. The first-order valence-corrected chi connectivity index (χ1v) is 13.6. The lowest BCUT2D eigenvalue weighted by atomic mass is 10.2. The lowest BCUT2D eigenvalue weighted by Crippen LogP contribution is -2.15. The summed E-state index contributed by atoms with van der Waals surface area (Å²) in [6, 6.07) is 12.1. The van der Waals surface area contributed by atoms with Crippen LogP contribution in [0, 0.1) is 0 Å². The number of nitrogens with one attached hydrogen (secondary N) is 2. The van der Waals surface area contributed by atoms with E-state index in [1.54, 1.807) is 49.9 Å². The van der Waals surface area contributed by atoms with E-state index in [-0.39, 0.29) is 21.7 Å². The summed E-state index contributed by atoms with van der Waals surface area (Å²) in [5.74, 6) is 1.02. The van der Waals surface area contributed by atoms with Gasteiger partial charge in [0.15, 0.2) is 15.7 Å². The molecule has 2 heterocycles. The van der Waals surface area contributed by atoms with E-state index in [0.717, 1.165) is 11.4 Å². The molecule has 0 unspecified atom stereocenters. The van der Waals surface area contributed by atoms with Gasteiger partial charge in [-0.25, -0.2) is 18.1 Å². The van der Waals surface area contributed by atoms with Crippen molar-refractivity contribution in [2.75, 3.05) is 31.8 Å². The van der Waals surface area contributed by atoms with Gasteiger partial charge in [0, 0.05) is 12.6 Å². The molecule has 4 aromatic rings. The van der Waals surface area contributed by atoms with Crippen molar-refractivity contribution in [2.45, 2.75) is 30.5 Å². The Bertz CT molecular complexity index is 1540. The zero-order chi connectivity index (χ0) is 27.4. The molecule has 13 heteroatoms. The van der Waals surface area contributed by atoms with Gasteiger partial charge in [-0.1, -0.05) is 28.9 Å². The van der Waals surface area contributed by atoms with Crippen LogP contribution in [0.4, 0.5) is 23.1 Å².